The van der Waals surface area contributed by atoms with Gasteiger partial charge >= 0.3 is 6.03 Å². The summed E-state index contributed by atoms with van der Waals surface area (Å²) in [5, 5.41) is 14.9. The standard InChI is InChI=1S/C16H23N3O3/c1-2-14(20)10-19(13-6-4-3-5-7-13)11-15(21)18-16(22)17-12-8-9-12/h3-7,12,14,20H,2,8-11H2,1H3,(H2,17,18,21,22)/t14-/m1/s1. The van der Waals surface area contributed by atoms with Crippen molar-refractivity contribution >= 4 is 17.6 Å². The monoisotopic (exact) mass is 305 g/mol. The molecule has 1 saturated carbocycles. The zero-order valence-corrected chi connectivity index (χ0v) is 12.8. The van der Waals surface area contributed by atoms with Gasteiger partial charge in [0, 0.05) is 18.3 Å². The van der Waals surface area contributed by atoms with E-state index in [0.717, 1.165) is 18.5 Å². The number of hydrogen-bond donors (Lipinski definition) is 3. The zero-order valence-electron chi connectivity index (χ0n) is 12.8. The summed E-state index contributed by atoms with van der Waals surface area (Å²) in [5.41, 5.74) is 0.841. The van der Waals surface area contributed by atoms with Gasteiger partial charge in [0.05, 0.1) is 12.6 Å². The maximum absolute atomic E-state index is 12.0. The molecule has 1 aromatic carbocycles. The number of carbonyl (C=O) groups excluding carboxylic acids is 2. The molecule has 0 heterocycles. The lowest BCUT2D eigenvalue weighted by Crippen LogP contribution is -2.46. The van der Waals surface area contributed by atoms with Crippen molar-refractivity contribution in [3.63, 3.8) is 0 Å². The number of benzene rings is 1. The lowest BCUT2D eigenvalue weighted by Gasteiger charge is -2.26. The number of amides is 3. The van der Waals surface area contributed by atoms with Gasteiger partial charge in [-0.15, -0.1) is 0 Å². The molecule has 1 aliphatic rings. The van der Waals surface area contributed by atoms with Crippen LogP contribution in [0.15, 0.2) is 30.3 Å². The van der Waals surface area contributed by atoms with Crippen LogP contribution < -0.4 is 15.5 Å². The Hall–Kier alpha value is -2.08. The Morgan fingerprint density at radius 3 is 2.59 bits per heavy atom. The fourth-order valence-electron chi connectivity index (χ4n) is 2.07. The highest BCUT2D eigenvalue weighted by Crippen LogP contribution is 2.18. The molecular weight excluding hydrogens is 282 g/mol. The quantitative estimate of drug-likeness (QED) is 0.708. The van der Waals surface area contributed by atoms with E-state index in [1.807, 2.05) is 37.3 Å². The molecule has 0 spiro atoms. The fraction of sp³-hybridized carbons (Fsp3) is 0.500. The van der Waals surface area contributed by atoms with Crippen LogP contribution in [0.2, 0.25) is 0 Å². The van der Waals surface area contributed by atoms with Gasteiger partial charge in [-0.1, -0.05) is 25.1 Å². The van der Waals surface area contributed by atoms with Crippen LogP contribution in [0.25, 0.3) is 0 Å². The van der Waals surface area contributed by atoms with Crippen LogP contribution in [-0.2, 0) is 4.79 Å². The minimum atomic E-state index is -0.520. The van der Waals surface area contributed by atoms with Crippen LogP contribution in [0, 0.1) is 0 Å². The van der Waals surface area contributed by atoms with Gasteiger partial charge in [-0.2, -0.15) is 0 Å². The Morgan fingerprint density at radius 1 is 1.32 bits per heavy atom. The van der Waals surface area contributed by atoms with Gasteiger partial charge in [0.25, 0.3) is 0 Å². The number of para-hydroxylation sites is 1. The van der Waals surface area contributed by atoms with Crippen LogP contribution >= 0.6 is 0 Å². The third-order valence-electron chi connectivity index (χ3n) is 3.52. The summed E-state index contributed by atoms with van der Waals surface area (Å²) in [6.07, 6.45) is 2.03. The Labute approximate surface area is 130 Å². The molecule has 1 aliphatic carbocycles. The molecule has 22 heavy (non-hydrogen) atoms. The number of imide groups is 1. The lowest BCUT2D eigenvalue weighted by atomic mass is 10.2. The Kier molecular flexibility index (Phi) is 5.77. The molecule has 0 aromatic heterocycles. The first-order valence-electron chi connectivity index (χ1n) is 7.67. The topological polar surface area (TPSA) is 81.7 Å². The fourth-order valence-corrected chi connectivity index (χ4v) is 2.07. The highest BCUT2D eigenvalue weighted by molar-refractivity contribution is 5.96. The first-order chi connectivity index (χ1) is 10.6. The Balaban J connectivity index is 1.92. The molecule has 0 radical (unpaired) electrons. The number of nitrogens with zero attached hydrogens (tertiary/aromatic N) is 1. The summed E-state index contributed by atoms with van der Waals surface area (Å²) in [6, 6.07) is 9.15. The first kappa shape index (κ1) is 16.3. The minimum Gasteiger partial charge on any atom is -0.391 e. The van der Waals surface area contributed by atoms with Crippen molar-refractivity contribution in [2.75, 3.05) is 18.0 Å². The van der Waals surface area contributed by atoms with E-state index < -0.39 is 12.1 Å². The molecule has 120 valence electrons. The normalized spacial score (nSPS) is 15.0. The first-order valence-corrected chi connectivity index (χ1v) is 7.67. The summed E-state index contributed by atoms with van der Waals surface area (Å²) in [5.74, 6) is -0.384. The third-order valence-corrected chi connectivity index (χ3v) is 3.52. The van der Waals surface area contributed by atoms with Gasteiger partial charge in [0.1, 0.15) is 0 Å². The van der Waals surface area contributed by atoms with Crippen LogP contribution in [0.1, 0.15) is 26.2 Å². The van der Waals surface area contributed by atoms with Gasteiger partial charge in [-0.05, 0) is 31.4 Å². The van der Waals surface area contributed by atoms with E-state index in [2.05, 4.69) is 10.6 Å². The van der Waals surface area contributed by atoms with Gasteiger partial charge < -0.3 is 15.3 Å². The van der Waals surface area contributed by atoms with E-state index in [1.165, 1.54) is 0 Å². The summed E-state index contributed by atoms with van der Waals surface area (Å²) in [7, 11) is 0. The average Bonchev–Trinajstić information content (AvgIpc) is 3.30. The second-order valence-electron chi connectivity index (χ2n) is 5.57. The van der Waals surface area contributed by atoms with Crippen LogP contribution in [0.4, 0.5) is 10.5 Å². The molecular formula is C16H23N3O3. The number of urea groups is 1. The van der Waals surface area contributed by atoms with Crippen LogP contribution in [0.3, 0.4) is 0 Å². The SMILES string of the molecule is CC[C@@H](O)CN(CC(=O)NC(=O)NC1CC1)c1ccccc1. The number of aliphatic hydroxyl groups excluding tert-OH is 1. The average molecular weight is 305 g/mol. The molecule has 1 aromatic rings. The van der Waals surface area contributed by atoms with Crippen molar-refractivity contribution in [1.29, 1.82) is 0 Å². The van der Waals surface area contributed by atoms with Gasteiger partial charge in [-0.25, -0.2) is 4.79 Å². The van der Waals surface area contributed by atoms with Gasteiger partial charge in [0.2, 0.25) is 5.91 Å². The zero-order chi connectivity index (χ0) is 15.9. The van der Waals surface area contributed by atoms with Crippen LogP contribution in [0.5, 0.6) is 0 Å². The van der Waals surface area contributed by atoms with Crippen molar-refractivity contribution in [3.05, 3.63) is 30.3 Å². The molecule has 1 fully saturated rings. The van der Waals surface area contributed by atoms with E-state index in [9.17, 15) is 14.7 Å². The van der Waals surface area contributed by atoms with Crippen molar-refractivity contribution in [2.45, 2.75) is 38.3 Å². The molecule has 1 atom stereocenters. The Bertz CT molecular complexity index is 503. The second kappa shape index (κ2) is 7.79. The molecule has 0 aliphatic heterocycles. The predicted molar refractivity (Wildman–Crippen MR) is 84.6 cm³/mol. The summed E-state index contributed by atoms with van der Waals surface area (Å²) < 4.78 is 0. The van der Waals surface area contributed by atoms with Crippen molar-refractivity contribution in [1.82, 2.24) is 10.6 Å². The number of nitrogens with one attached hydrogen (secondary N) is 2. The van der Waals surface area contributed by atoms with E-state index in [-0.39, 0.29) is 18.5 Å². The van der Waals surface area contributed by atoms with Gasteiger partial charge in [0.15, 0.2) is 0 Å². The summed E-state index contributed by atoms with van der Waals surface area (Å²) in [6.45, 7) is 2.26. The van der Waals surface area contributed by atoms with E-state index in [4.69, 9.17) is 0 Å². The van der Waals surface area contributed by atoms with E-state index in [0.29, 0.717) is 13.0 Å². The molecule has 6 nitrogen and oxygen atoms in total. The number of rotatable bonds is 7. The maximum atomic E-state index is 12.0. The molecule has 2 rings (SSSR count). The molecule has 3 amide bonds. The largest absolute Gasteiger partial charge is 0.391 e. The number of carbonyl (C=O) groups is 2. The van der Waals surface area contributed by atoms with Crippen LogP contribution in [-0.4, -0.2) is 42.3 Å². The molecule has 0 unspecified atom stereocenters. The number of anilines is 1. The molecule has 0 bridgehead atoms. The maximum Gasteiger partial charge on any atom is 0.321 e. The highest BCUT2D eigenvalue weighted by atomic mass is 16.3. The third kappa shape index (κ3) is 5.37. The van der Waals surface area contributed by atoms with Crippen molar-refractivity contribution < 1.29 is 14.7 Å². The molecule has 3 N–H and O–H groups in total. The number of aliphatic hydroxyl groups is 1. The summed E-state index contributed by atoms with van der Waals surface area (Å²) in [4.78, 5) is 25.4. The second-order valence-corrected chi connectivity index (χ2v) is 5.57. The van der Waals surface area contributed by atoms with E-state index >= 15 is 0 Å². The minimum absolute atomic E-state index is 0.0269. The molecule has 0 saturated heterocycles. The lowest BCUT2D eigenvalue weighted by molar-refractivity contribution is -0.118. The van der Waals surface area contributed by atoms with Gasteiger partial charge in [-0.3, -0.25) is 10.1 Å². The smallest absolute Gasteiger partial charge is 0.321 e. The Morgan fingerprint density at radius 2 is 2.00 bits per heavy atom. The number of hydrogen-bond acceptors (Lipinski definition) is 4. The van der Waals surface area contributed by atoms with E-state index in [1.54, 1.807) is 4.90 Å². The van der Waals surface area contributed by atoms with Crippen molar-refractivity contribution in [2.24, 2.45) is 0 Å². The highest BCUT2D eigenvalue weighted by Gasteiger charge is 2.24. The summed E-state index contributed by atoms with van der Waals surface area (Å²) >= 11 is 0. The molecule has 6 heteroatoms. The predicted octanol–water partition coefficient (Wildman–Crippen LogP) is 1.25. The van der Waals surface area contributed by atoms with Crippen molar-refractivity contribution in [3.8, 4) is 0 Å².